The molecule has 0 unspecified atom stereocenters. The van der Waals surface area contributed by atoms with Crippen LogP contribution in [0, 0.1) is 22.9 Å². The van der Waals surface area contributed by atoms with E-state index in [1.165, 1.54) is 15.3 Å². The van der Waals surface area contributed by atoms with Crippen molar-refractivity contribution in [2.24, 2.45) is 0 Å². The van der Waals surface area contributed by atoms with Crippen LogP contribution in [0.15, 0.2) is 47.4 Å². The molecule has 0 spiro atoms. The van der Waals surface area contributed by atoms with Gasteiger partial charge >= 0.3 is 5.69 Å². The van der Waals surface area contributed by atoms with Crippen molar-refractivity contribution < 1.29 is 27.3 Å². The molecule has 2 aromatic rings. The molecule has 0 radical (unpaired) electrons. The number of hydrogen-bond acceptors (Lipinski definition) is 6. The maximum absolute atomic E-state index is 13.6. The summed E-state index contributed by atoms with van der Waals surface area (Å²) in [4.78, 5) is 23.8. The summed E-state index contributed by atoms with van der Waals surface area (Å²) in [7, 11) is -3.63. The smallest absolute Gasteiger partial charge is 0.305 e. The van der Waals surface area contributed by atoms with Crippen LogP contribution in [0.3, 0.4) is 0 Å². The molecule has 1 aliphatic heterocycles. The highest BCUT2D eigenvalue weighted by Gasteiger charge is 2.30. The molecule has 1 fully saturated rings. The largest absolute Gasteiger partial charge is 0.484 e. The SMILES string of the molecule is Cc1ccc(S(=O)(=O)N2CCN(C(=O)COc3ccc([N+](=O)[O-])c(F)c3)CC2)cc1. The zero-order valence-corrected chi connectivity index (χ0v) is 17.0. The number of ether oxygens (including phenoxy) is 1. The van der Waals surface area contributed by atoms with E-state index in [2.05, 4.69) is 0 Å². The van der Waals surface area contributed by atoms with Gasteiger partial charge in [-0.05, 0) is 25.1 Å². The predicted octanol–water partition coefficient (Wildman–Crippen LogP) is 1.95. The van der Waals surface area contributed by atoms with Crippen molar-refractivity contribution in [2.75, 3.05) is 32.8 Å². The fourth-order valence-electron chi connectivity index (χ4n) is 3.00. The van der Waals surface area contributed by atoms with Gasteiger partial charge in [0.2, 0.25) is 15.8 Å². The lowest BCUT2D eigenvalue weighted by Gasteiger charge is -2.34. The van der Waals surface area contributed by atoms with E-state index in [-0.39, 0.29) is 49.3 Å². The van der Waals surface area contributed by atoms with Gasteiger partial charge in [0.25, 0.3) is 5.91 Å². The number of hydrogen-bond donors (Lipinski definition) is 0. The summed E-state index contributed by atoms with van der Waals surface area (Å²) in [6, 6.07) is 9.58. The van der Waals surface area contributed by atoms with Crippen LogP contribution < -0.4 is 4.74 Å². The maximum atomic E-state index is 13.6. The van der Waals surface area contributed by atoms with E-state index in [4.69, 9.17) is 4.74 Å². The molecule has 11 heteroatoms. The second kappa shape index (κ2) is 8.76. The van der Waals surface area contributed by atoms with E-state index in [9.17, 15) is 27.7 Å². The van der Waals surface area contributed by atoms with Crippen molar-refractivity contribution in [3.05, 3.63) is 64.0 Å². The van der Waals surface area contributed by atoms with Gasteiger partial charge in [0.05, 0.1) is 9.82 Å². The third-order valence-electron chi connectivity index (χ3n) is 4.73. The highest BCUT2D eigenvalue weighted by Crippen LogP contribution is 2.22. The third-order valence-corrected chi connectivity index (χ3v) is 6.64. The lowest BCUT2D eigenvalue weighted by Crippen LogP contribution is -2.51. The van der Waals surface area contributed by atoms with E-state index < -0.39 is 26.5 Å². The van der Waals surface area contributed by atoms with Gasteiger partial charge < -0.3 is 9.64 Å². The summed E-state index contributed by atoms with van der Waals surface area (Å²) >= 11 is 0. The van der Waals surface area contributed by atoms with E-state index in [1.54, 1.807) is 24.3 Å². The van der Waals surface area contributed by atoms with Crippen molar-refractivity contribution in [1.82, 2.24) is 9.21 Å². The number of nitro benzene ring substituents is 1. The molecule has 3 rings (SSSR count). The lowest BCUT2D eigenvalue weighted by atomic mass is 10.2. The molecule has 0 aromatic heterocycles. The van der Waals surface area contributed by atoms with E-state index in [0.29, 0.717) is 0 Å². The molecule has 0 aliphatic carbocycles. The molecule has 1 aliphatic rings. The molecular formula is C19H20FN3O6S. The second-order valence-electron chi connectivity index (χ2n) is 6.76. The molecule has 1 amide bonds. The van der Waals surface area contributed by atoms with Crippen LogP contribution in [-0.2, 0) is 14.8 Å². The number of piperazine rings is 1. The van der Waals surface area contributed by atoms with E-state index in [1.807, 2.05) is 6.92 Å². The topological polar surface area (TPSA) is 110 Å². The van der Waals surface area contributed by atoms with Crippen LogP contribution in [0.5, 0.6) is 5.75 Å². The Morgan fingerprint density at radius 3 is 2.33 bits per heavy atom. The van der Waals surface area contributed by atoms with Gasteiger partial charge in [-0.1, -0.05) is 17.7 Å². The first-order valence-electron chi connectivity index (χ1n) is 9.10. The minimum absolute atomic E-state index is 0.00738. The minimum Gasteiger partial charge on any atom is -0.484 e. The number of carbonyl (C=O) groups excluding carboxylic acids is 1. The molecular weight excluding hydrogens is 417 g/mol. The number of sulfonamides is 1. The number of benzene rings is 2. The van der Waals surface area contributed by atoms with Crippen molar-refractivity contribution in [1.29, 1.82) is 0 Å². The van der Waals surface area contributed by atoms with E-state index in [0.717, 1.165) is 17.7 Å². The number of nitrogens with zero attached hydrogens (tertiary/aromatic N) is 3. The Balaban J connectivity index is 1.54. The van der Waals surface area contributed by atoms with Gasteiger partial charge in [-0.15, -0.1) is 0 Å². The standard InChI is InChI=1S/C19H20FN3O6S/c1-14-2-5-16(6-3-14)30(27,28)22-10-8-21(9-11-22)19(24)13-29-15-4-7-18(23(25)26)17(20)12-15/h2-7,12H,8-11,13H2,1H3. The Morgan fingerprint density at radius 1 is 1.13 bits per heavy atom. The average molecular weight is 437 g/mol. The zero-order chi connectivity index (χ0) is 21.9. The summed E-state index contributed by atoms with van der Waals surface area (Å²) in [5, 5.41) is 10.6. The summed E-state index contributed by atoms with van der Waals surface area (Å²) in [6.07, 6.45) is 0. The average Bonchev–Trinajstić information content (AvgIpc) is 2.72. The Kier molecular flexibility index (Phi) is 6.32. The van der Waals surface area contributed by atoms with Gasteiger partial charge in [-0.25, -0.2) is 8.42 Å². The number of amides is 1. The quantitative estimate of drug-likeness (QED) is 0.505. The molecule has 9 nitrogen and oxygen atoms in total. The lowest BCUT2D eigenvalue weighted by molar-refractivity contribution is -0.387. The Labute approximate surface area is 172 Å². The van der Waals surface area contributed by atoms with Crippen LogP contribution >= 0.6 is 0 Å². The minimum atomic E-state index is -3.63. The van der Waals surface area contributed by atoms with Crippen molar-refractivity contribution in [3.8, 4) is 5.75 Å². The fourth-order valence-corrected chi connectivity index (χ4v) is 4.42. The maximum Gasteiger partial charge on any atom is 0.305 e. The number of nitro groups is 1. The van der Waals surface area contributed by atoms with Crippen molar-refractivity contribution in [2.45, 2.75) is 11.8 Å². The van der Waals surface area contributed by atoms with Gasteiger partial charge in [0, 0.05) is 38.3 Å². The third kappa shape index (κ3) is 4.74. The summed E-state index contributed by atoms with van der Waals surface area (Å²) in [5.74, 6) is -1.45. The van der Waals surface area contributed by atoms with Crippen molar-refractivity contribution >= 4 is 21.6 Å². The first-order chi connectivity index (χ1) is 14.2. The predicted molar refractivity (Wildman–Crippen MR) is 105 cm³/mol. The monoisotopic (exact) mass is 437 g/mol. The first-order valence-corrected chi connectivity index (χ1v) is 10.5. The number of carbonyl (C=O) groups is 1. The molecule has 0 N–H and O–H groups in total. The highest BCUT2D eigenvalue weighted by molar-refractivity contribution is 7.89. The molecule has 0 saturated carbocycles. The Morgan fingerprint density at radius 2 is 1.77 bits per heavy atom. The molecule has 160 valence electrons. The van der Waals surface area contributed by atoms with E-state index >= 15 is 0 Å². The number of rotatable bonds is 6. The summed E-state index contributed by atoms with van der Waals surface area (Å²) < 4.78 is 45.6. The van der Waals surface area contributed by atoms with Crippen LogP contribution in [-0.4, -0.2) is 61.2 Å². The van der Waals surface area contributed by atoms with Gasteiger partial charge in [-0.2, -0.15) is 8.70 Å². The summed E-state index contributed by atoms with van der Waals surface area (Å²) in [6.45, 7) is 2.17. The normalized spacial score (nSPS) is 15.1. The molecule has 30 heavy (non-hydrogen) atoms. The number of halogens is 1. The van der Waals surface area contributed by atoms with Crippen LogP contribution in [0.2, 0.25) is 0 Å². The molecule has 0 atom stereocenters. The van der Waals surface area contributed by atoms with Gasteiger partial charge in [0.15, 0.2) is 6.61 Å². The van der Waals surface area contributed by atoms with Crippen LogP contribution in [0.25, 0.3) is 0 Å². The van der Waals surface area contributed by atoms with Crippen LogP contribution in [0.1, 0.15) is 5.56 Å². The second-order valence-corrected chi connectivity index (χ2v) is 8.69. The number of aryl methyl sites for hydroxylation is 1. The van der Waals surface area contributed by atoms with Gasteiger partial charge in [0.1, 0.15) is 5.75 Å². The Bertz CT molecular complexity index is 1050. The van der Waals surface area contributed by atoms with Crippen LogP contribution in [0.4, 0.5) is 10.1 Å². The summed E-state index contributed by atoms with van der Waals surface area (Å²) in [5.41, 5.74) is 0.275. The highest BCUT2D eigenvalue weighted by atomic mass is 32.2. The first kappa shape index (κ1) is 21.7. The molecule has 1 heterocycles. The fraction of sp³-hybridized carbons (Fsp3) is 0.316. The molecule has 0 bridgehead atoms. The Hall–Kier alpha value is -3.05. The molecule has 2 aromatic carbocycles. The molecule has 1 saturated heterocycles. The van der Waals surface area contributed by atoms with Crippen molar-refractivity contribution in [3.63, 3.8) is 0 Å². The van der Waals surface area contributed by atoms with Gasteiger partial charge in [-0.3, -0.25) is 14.9 Å². The zero-order valence-electron chi connectivity index (χ0n) is 16.2.